The summed E-state index contributed by atoms with van der Waals surface area (Å²) in [6.45, 7) is 2.36. The summed E-state index contributed by atoms with van der Waals surface area (Å²) in [5, 5.41) is 2.97. The third-order valence-corrected chi connectivity index (χ3v) is 3.80. The van der Waals surface area contributed by atoms with Crippen molar-refractivity contribution in [2.75, 3.05) is 20.1 Å². The van der Waals surface area contributed by atoms with Crippen LogP contribution in [0.15, 0.2) is 12.5 Å². The fraction of sp³-hybridized carbons (Fsp3) is 0.583. The molecule has 1 atom stereocenters. The average Bonchev–Trinajstić information content (AvgIpc) is 2.35. The van der Waals surface area contributed by atoms with Crippen molar-refractivity contribution in [3.05, 3.63) is 23.8 Å². The minimum Gasteiger partial charge on any atom is -0.351 e. The van der Waals surface area contributed by atoms with Crippen molar-refractivity contribution in [2.24, 2.45) is 0 Å². The second-order valence-corrected chi connectivity index (χ2v) is 5.00. The highest BCUT2D eigenvalue weighted by atomic mass is 16.2. The van der Waals surface area contributed by atoms with Crippen molar-refractivity contribution in [3.8, 4) is 0 Å². The Kier molecular flexibility index (Phi) is 2.36. The Balaban J connectivity index is 2.11. The highest BCUT2D eigenvalue weighted by molar-refractivity contribution is 5.90. The average molecular weight is 232 g/mol. The largest absolute Gasteiger partial charge is 0.351 e. The number of piperidine rings is 1. The van der Waals surface area contributed by atoms with Gasteiger partial charge in [-0.2, -0.15) is 0 Å². The van der Waals surface area contributed by atoms with E-state index in [-0.39, 0.29) is 5.91 Å². The highest BCUT2D eigenvalue weighted by Gasteiger charge is 2.47. The minimum atomic E-state index is -0.455. The van der Waals surface area contributed by atoms with Crippen LogP contribution in [0.1, 0.15) is 24.1 Å². The summed E-state index contributed by atoms with van der Waals surface area (Å²) < 4.78 is 0. The zero-order valence-corrected chi connectivity index (χ0v) is 9.94. The number of carbonyl (C=O) groups is 1. The number of aromatic nitrogens is 2. The number of amides is 1. The molecule has 90 valence electrons. The first kappa shape index (κ1) is 10.7. The zero-order valence-electron chi connectivity index (χ0n) is 9.94. The Bertz CT molecular complexity index is 462. The van der Waals surface area contributed by atoms with Gasteiger partial charge in [-0.15, -0.1) is 0 Å². The molecule has 2 aliphatic rings. The van der Waals surface area contributed by atoms with Gasteiger partial charge in [-0.05, 0) is 26.4 Å². The summed E-state index contributed by atoms with van der Waals surface area (Å²) in [6, 6.07) is 0. The number of hydrogen-bond acceptors (Lipinski definition) is 4. The predicted octanol–water partition coefficient (Wildman–Crippen LogP) is 0.0698. The lowest BCUT2D eigenvalue weighted by Crippen LogP contribution is -2.57. The Morgan fingerprint density at radius 3 is 3.24 bits per heavy atom. The molecular weight excluding hydrogens is 216 g/mol. The molecule has 0 bridgehead atoms. The molecule has 5 heteroatoms. The number of fused-ring (bicyclic) bond motifs is 2. The molecule has 3 heterocycles. The Hall–Kier alpha value is -1.49. The predicted molar refractivity (Wildman–Crippen MR) is 62.3 cm³/mol. The number of likely N-dealkylation sites (tertiary alicyclic amines) is 1. The van der Waals surface area contributed by atoms with Crippen LogP contribution < -0.4 is 5.32 Å². The van der Waals surface area contributed by atoms with Crippen LogP contribution in [0.3, 0.4) is 0 Å². The van der Waals surface area contributed by atoms with Crippen molar-refractivity contribution in [1.82, 2.24) is 20.2 Å². The van der Waals surface area contributed by atoms with E-state index >= 15 is 0 Å². The van der Waals surface area contributed by atoms with Gasteiger partial charge < -0.3 is 10.2 Å². The molecule has 17 heavy (non-hydrogen) atoms. The van der Waals surface area contributed by atoms with Gasteiger partial charge in [0.2, 0.25) is 5.91 Å². The van der Waals surface area contributed by atoms with E-state index in [1.807, 2.05) is 6.20 Å². The van der Waals surface area contributed by atoms with Crippen LogP contribution in [0.25, 0.3) is 0 Å². The van der Waals surface area contributed by atoms with E-state index in [0.717, 1.165) is 37.2 Å². The molecule has 1 spiro atoms. The Morgan fingerprint density at radius 1 is 1.53 bits per heavy atom. The van der Waals surface area contributed by atoms with Crippen molar-refractivity contribution in [2.45, 2.75) is 24.8 Å². The summed E-state index contributed by atoms with van der Waals surface area (Å²) in [4.78, 5) is 22.9. The second-order valence-electron chi connectivity index (χ2n) is 5.00. The van der Waals surface area contributed by atoms with E-state index in [0.29, 0.717) is 6.54 Å². The fourth-order valence-electron chi connectivity index (χ4n) is 3.02. The number of likely N-dealkylation sites (N-methyl/N-ethyl adjacent to an activating group) is 1. The van der Waals surface area contributed by atoms with Gasteiger partial charge in [0.05, 0.1) is 5.69 Å². The molecule has 3 rings (SSSR count). The van der Waals surface area contributed by atoms with Gasteiger partial charge in [0, 0.05) is 24.8 Å². The molecule has 0 aliphatic carbocycles. The molecule has 1 fully saturated rings. The van der Waals surface area contributed by atoms with Crippen LogP contribution in [-0.4, -0.2) is 40.9 Å². The maximum Gasteiger partial charge on any atom is 0.233 e. The van der Waals surface area contributed by atoms with E-state index in [4.69, 9.17) is 0 Å². The molecule has 1 aromatic heterocycles. The third-order valence-electron chi connectivity index (χ3n) is 3.80. The minimum absolute atomic E-state index is 0.121. The van der Waals surface area contributed by atoms with E-state index < -0.39 is 5.41 Å². The van der Waals surface area contributed by atoms with Crippen molar-refractivity contribution in [1.29, 1.82) is 0 Å². The number of carbonyl (C=O) groups excluding carboxylic acids is 1. The SMILES string of the molecule is CN1CCCC2(C1)C(=O)NCc1cncnc12. The molecule has 1 aromatic rings. The summed E-state index contributed by atoms with van der Waals surface area (Å²) in [6.07, 6.45) is 5.28. The molecule has 1 unspecified atom stereocenters. The second kappa shape index (κ2) is 3.77. The molecule has 0 saturated carbocycles. The molecule has 1 N–H and O–H groups in total. The first-order valence-electron chi connectivity index (χ1n) is 5.98. The first-order chi connectivity index (χ1) is 8.22. The highest BCUT2D eigenvalue weighted by Crippen LogP contribution is 2.36. The van der Waals surface area contributed by atoms with Gasteiger partial charge in [0.25, 0.3) is 0 Å². The lowest BCUT2D eigenvalue weighted by atomic mass is 9.73. The van der Waals surface area contributed by atoms with E-state index in [1.165, 1.54) is 0 Å². The van der Waals surface area contributed by atoms with Crippen LogP contribution in [0.2, 0.25) is 0 Å². The summed E-state index contributed by atoms with van der Waals surface area (Å²) in [5.74, 6) is 0.121. The summed E-state index contributed by atoms with van der Waals surface area (Å²) in [5.41, 5.74) is 1.54. The van der Waals surface area contributed by atoms with Crippen LogP contribution in [-0.2, 0) is 16.8 Å². The van der Waals surface area contributed by atoms with Gasteiger partial charge in [0.15, 0.2) is 0 Å². The van der Waals surface area contributed by atoms with E-state index in [2.05, 4.69) is 27.2 Å². The summed E-state index contributed by atoms with van der Waals surface area (Å²) >= 11 is 0. The van der Waals surface area contributed by atoms with Gasteiger partial charge in [-0.1, -0.05) is 0 Å². The molecule has 1 saturated heterocycles. The van der Waals surface area contributed by atoms with Crippen LogP contribution >= 0.6 is 0 Å². The van der Waals surface area contributed by atoms with Crippen molar-refractivity contribution < 1.29 is 4.79 Å². The molecule has 1 amide bonds. The van der Waals surface area contributed by atoms with Gasteiger partial charge >= 0.3 is 0 Å². The smallest absolute Gasteiger partial charge is 0.233 e. The van der Waals surface area contributed by atoms with Crippen molar-refractivity contribution in [3.63, 3.8) is 0 Å². The normalized spacial score (nSPS) is 28.9. The monoisotopic (exact) mass is 232 g/mol. The topological polar surface area (TPSA) is 58.1 Å². The van der Waals surface area contributed by atoms with Crippen LogP contribution in [0.4, 0.5) is 0 Å². The molecule has 5 nitrogen and oxygen atoms in total. The number of hydrogen-bond donors (Lipinski definition) is 1. The lowest BCUT2D eigenvalue weighted by Gasteiger charge is -2.42. The van der Waals surface area contributed by atoms with Crippen molar-refractivity contribution >= 4 is 5.91 Å². The summed E-state index contributed by atoms with van der Waals surface area (Å²) in [7, 11) is 2.06. The molecular formula is C12H16N4O. The standard InChI is InChI=1S/C12H16N4O/c1-16-4-2-3-12(7-16)10-9(5-13-8-15-10)6-14-11(12)17/h5,8H,2-4,6-7H2,1H3,(H,14,17). The number of nitrogens with one attached hydrogen (secondary N) is 1. The number of nitrogens with zero attached hydrogens (tertiary/aromatic N) is 3. The van der Waals surface area contributed by atoms with Gasteiger partial charge in [-0.25, -0.2) is 9.97 Å². The fourth-order valence-corrected chi connectivity index (χ4v) is 3.02. The van der Waals surface area contributed by atoms with E-state index in [9.17, 15) is 4.79 Å². The Morgan fingerprint density at radius 2 is 2.41 bits per heavy atom. The Labute approximate surface area is 100 Å². The number of rotatable bonds is 0. The quantitative estimate of drug-likeness (QED) is 0.687. The van der Waals surface area contributed by atoms with Crippen LogP contribution in [0, 0.1) is 0 Å². The van der Waals surface area contributed by atoms with Crippen LogP contribution in [0.5, 0.6) is 0 Å². The zero-order chi connectivity index (χ0) is 11.9. The molecule has 0 aromatic carbocycles. The van der Waals surface area contributed by atoms with Gasteiger partial charge in [-0.3, -0.25) is 4.79 Å². The third kappa shape index (κ3) is 1.53. The maximum absolute atomic E-state index is 12.3. The van der Waals surface area contributed by atoms with E-state index in [1.54, 1.807) is 6.33 Å². The first-order valence-corrected chi connectivity index (χ1v) is 5.98. The lowest BCUT2D eigenvalue weighted by molar-refractivity contribution is -0.130. The maximum atomic E-state index is 12.3. The molecule has 2 aliphatic heterocycles. The molecule has 0 radical (unpaired) electrons. The van der Waals surface area contributed by atoms with Gasteiger partial charge in [0.1, 0.15) is 11.7 Å².